The van der Waals surface area contributed by atoms with Crippen LogP contribution in [0, 0.1) is 0 Å². The lowest BCUT2D eigenvalue weighted by molar-refractivity contribution is 0.954. The third-order valence-corrected chi connectivity index (χ3v) is 2.94. The van der Waals surface area contributed by atoms with Gasteiger partial charge in [-0.05, 0) is 6.42 Å². The van der Waals surface area contributed by atoms with Gasteiger partial charge in [0.25, 0.3) is 0 Å². The van der Waals surface area contributed by atoms with E-state index in [2.05, 4.69) is 42.8 Å². The summed E-state index contributed by atoms with van der Waals surface area (Å²) in [5.74, 6) is 2.55. The summed E-state index contributed by atoms with van der Waals surface area (Å²) < 4.78 is 0. The molecule has 0 atom stereocenters. The van der Waals surface area contributed by atoms with Crippen molar-refractivity contribution in [2.24, 2.45) is 0 Å². The molecule has 0 aliphatic rings. The average molecular weight is 327 g/mol. The summed E-state index contributed by atoms with van der Waals surface area (Å²) in [7, 11) is 7.44. The summed E-state index contributed by atoms with van der Waals surface area (Å²) in [4.78, 5) is 19.8. The average Bonchev–Trinajstić information content (AvgIpc) is 2.50. The number of fused-ring (bicyclic) bond motifs is 1. The standard InChI is InChI=1S/C13H22N8.ClH/c1-6-7-16-12-17-8-9(10(14-2)19-12)18-13(21(4)5)20-11(8)15-3;/h6-7H2,1-5H3,(H,15,18,20)(H2,14,16,17,19);1H. The molecule has 0 aliphatic carbocycles. The Kier molecular flexibility index (Phi) is 6.36. The van der Waals surface area contributed by atoms with Crippen LogP contribution < -0.4 is 20.9 Å². The smallest absolute Gasteiger partial charge is 0.227 e. The molecular formula is C13H23ClN8. The highest BCUT2D eigenvalue weighted by atomic mass is 35.5. The van der Waals surface area contributed by atoms with E-state index in [9.17, 15) is 0 Å². The Labute approximate surface area is 136 Å². The predicted molar refractivity (Wildman–Crippen MR) is 94.6 cm³/mol. The number of halogens is 1. The summed E-state index contributed by atoms with van der Waals surface area (Å²) in [6.45, 7) is 2.92. The second kappa shape index (κ2) is 7.79. The first-order valence-electron chi connectivity index (χ1n) is 6.97. The molecular weight excluding hydrogens is 304 g/mol. The molecule has 0 bridgehead atoms. The molecule has 0 radical (unpaired) electrons. The Balaban J connectivity index is 0.00000242. The molecule has 3 N–H and O–H groups in total. The van der Waals surface area contributed by atoms with Gasteiger partial charge in [-0.25, -0.2) is 9.97 Å². The van der Waals surface area contributed by atoms with Crippen LogP contribution in [0.5, 0.6) is 0 Å². The van der Waals surface area contributed by atoms with Crippen molar-refractivity contribution in [1.82, 2.24) is 19.9 Å². The van der Waals surface area contributed by atoms with Gasteiger partial charge in [0, 0.05) is 34.7 Å². The third-order valence-electron chi connectivity index (χ3n) is 2.94. The molecule has 9 heteroatoms. The van der Waals surface area contributed by atoms with Gasteiger partial charge in [-0.3, -0.25) is 0 Å². The van der Waals surface area contributed by atoms with Gasteiger partial charge in [0.15, 0.2) is 11.6 Å². The van der Waals surface area contributed by atoms with E-state index in [-0.39, 0.29) is 12.4 Å². The topological polar surface area (TPSA) is 90.9 Å². The maximum atomic E-state index is 4.54. The van der Waals surface area contributed by atoms with E-state index in [4.69, 9.17) is 0 Å². The van der Waals surface area contributed by atoms with Crippen LogP contribution in [-0.4, -0.2) is 54.7 Å². The lowest BCUT2D eigenvalue weighted by atomic mass is 10.3. The fourth-order valence-corrected chi connectivity index (χ4v) is 1.87. The highest BCUT2D eigenvalue weighted by molar-refractivity contribution is 5.94. The second-order valence-corrected chi connectivity index (χ2v) is 4.79. The summed E-state index contributed by atoms with van der Waals surface area (Å²) >= 11 is 0. The van der Waals surface area contributed by atoms with Crippen LogP contribution in [0.1, 0.15) is 13.3 Å². The monoisotopic (exact) mass is 326 g/mol. The van der Waals surface area contributed by atoms with Crippen LogP contribution >= 0.6 is 12.4 Å². The van der Waals surface area contributed by atoms with Crippen molar-refractivity contribution in [2.75, 3.05) is 55.6 Å². The van der Waals surface area contributed by atoms with Crippen LogP contribution in [0.3, 0.4) is 0 Å². The molecule has 122 valence electrons. The SMILES string of the molecule is CCCNc1nc(NC)c2nc(N(C)C)nc(NC)c2n1.Cl. The number of nitrogens with one attached hydrogen (secondary N) is 3. The molecule has 2 heterocycles. The molecule has 2 aromatic rings. The first kappa shape index (κ1) is 18.0. The Morgan fingerprint density at radius 1 is 0.909 bits per heavy atom. The molecule has 0 saturated carbocycles. The van der Waals surface area contributed by atoms with Crippen molar-refractivity contribution >= 4 is 47.0 Å². The zero-order valence-corrected chi connectivity index (χ0v) is 14.4. The van der Waals surface area contributed by atoms with Gasteiger partial charge in [-0.15, -0.1) is 12.4 Å². The number of rotatable bonds is 6. The van der Waals surface area contributed by atoms with Crippen molar-refractivity contribution in [3.8, 4) is 0 Å². The van der Waals surface area contributed by atoms with E-state index < -0.39 is 0 Å². The van der Waals surface area contributed by atoms with E-state index >= 15 is 0 Å². The van der Waals surface area contributed by atoms with Gasteiger partial charge >= 0.3 is 0 Å². The highest BCUT2D eigenvalue weighted by Crippen LogP contribution is 2.26. The van der Waals surface area contributed by atoms with Gasteiger partial charge in [0.1, 0.15) is 11.0 Å². The summed E-state index contributed by atoms with van der Waals surface area (Å²) in [5, 5.41) is 9.35. The van der Waals surface area contributed by atoms with Crippen molar-refractivity contribution in [3.63, 3.8) is 0 Å². The van der Waals surface area contributed by atoms with Crippen LogP contribution in [0.25, 0.3) is 11.0 Å². The van der Waals surface area contributed by atoms with Gasteiger partial charge in [0.2, 0.25) is 11.9 Å². The number of anilines is 4. The summed E-state index contributed by atoms with van der Waals surface area (Å²) in [6.07, 6.45) is 1.01. The molecule has 2 aromatic heterocycles. The zero-order valence-electron chi connectivity index (χ0n) is 13.6. The normalized spacial score (nSPS) is 10.0. The number of aromatic nitrogens is 4. The van der Waals surface area contributed by atoms with Gasteiger partial charge in [0.05, 0.1) is 0 Å². The molecule has 0 aromatic carbocycles. The minimum absolute atomic E-state index is 0. The molecule has 0 spiro atoms. The van der Waals surface area contributed by atoms with E-state index in [1.807, 2.05) is 33.1 Å². The Hall–Kier alpha value is -2.09. The molecule has 0 unspecified atom stereocenters. The van der Waals surface area contributed by atoms with Gasteiger partial charge < -0.3 is 20.9 Å². The molecule has 0 saturated heterocycles. The maximum absolute atomic E-state index is 4.54. The van der Waals surface area contributed by atoms with Crippen molar-refractivity contribution in [3.05, 3.63) is 0 Å². The predicted octanol–water partition coefficient (Wildman–Crippen LogP) is 1.81. The van der Waals surface area contributed by atoms with Crippen molar-refractivity contribution < 1.29 is 0 Å². The van der Waals surface area contributed by atoms with E-state index in [0.717, 1.165) is 13.0 Å². The Morgan fingerprint density at radius 2 is 1.50 bits per heavy atom. The van der Waals surface area contributed by atoms with Crippen LogP contribution in [0.4, 0.5) is 23.5 Å². The fraction of sp³-hybridized carbons (Fsp3) is 0.538. The van der Waals surface area contributed by atoms with Crippen LogP contribution in [-0.2, 0) is 0 Å². The Bertz CT molecular complexity index is 631. The first-order chi connectivity index (χ1) is 10.1. The van der Waals surface area contributed by atoms with Crippen LogP contribution in [0.2, 0.25) is 0 Å². The van der Waals surface area contributed by atoms with Gasteiger partial charge in [-0.2, -0.15) is 9.97 Å². The summed E-state index contributed by atoms with van der Waals surface area (Å²) in [5.41, 5.74) is 1.39. The van der Waals surface area contributed by atoms with Gasteiger partial charge in [-0.1, -0.05) is 6.92 Å². The molecule has 8 nitrogen and oxygen atoms in total. The molecule has 2 rings (SSSR count). The van der Waals surface area contributed by atoms with Crippen molar-refractivity contribution in [1.29, 1.82) is 0 Å². The summed E-state index contributed by atoms with van der Waals surface area (Å²) in [6, 6.07) is 0. The van der Waals surface area contributed by atoms with Crippen molar-refractivity contribution in [2.45, 2.75) is 13.3 Å². The maximum Gasteiger partial charge on any atom is 0.227 e. The lowest BCUT2D eigenvalue weighted by Crippen LogP contribution is -2.15. The Morgan fingerprint density at radius 3 is 2.05 bits per heavy atom. The lowest BCUT2D eigenvalue weighted by Gasteiger charge is -2.15. The van der Waals surface area contributed by atoms with E-state index in [0.29, 0.717) is 34.6 Å². The molecule has 22 heavy (non-hydrogen) atoms. The molecule has 0 fully saturated rings. The molecule has 0 aliphatic heterocycles. The first-order valence-corrected chi connectivity index (χ1v) is 6.97. The van der Waals surface area contributed by atoms with Crippen LogP contribution in [0.15, 0.2) is 0 Å². The van der Waals surface area contributed by atoms with E-state index in [1.54, 1.807) is 0 Å². The third kappa shape index (κ3) is 3.56. The number of hydrogen-bond donors (Lipinski definition) is 3. The molecule has 0 amide bonds. The van der Waals surface area contributed by atoms with E-state index in [1.165, 1.54) is 0 Å². The highest BCUT2D eigenvalue weighted by Gasteiger charge is 2.15. The fourth-order valence-electron chi connectivity index (χ4n) is 1.87. The second-order valence-electron chi connectivity index (χ2n) is 4.79. The largest absolute Gasteiger partial charge is 0.371 e. The minimum atomic E-state index is 0. The number of hydrogen-bond acceptors (Lipinski definition) is 8. The zero-order chi connectivity index (χ0) is 15.4. The minimum Gasteiger partial charge on any atom is -0.371 e. The number of nitrogens with zero attached hydrogens (tertiary/aromatic N) is 5. The quantitative estimate of drug-likeness (QED) is 0.740.